The van der Waals surface area contributed by atoms with Gasteiger partial charge in [0.15, 0.2) is 0 Å². The van der Waals surface area contributed by atoms with Gasteiger partial charge in [-0.25, -0.2) is 4.39 Å². The first-order valence-corrected chi connectivity index (χ1v) is 34.8. The predicted octanol–water partition coefficient (Wildman–Crippen LogP) is 13.6. The lowest BCUT2D eigenvalue weighted by Gasteiger charge is -2.00. The Kier molecular flexibility index (Phi) is 54.4. The minimum Gasteiger partial charge on any atom is -0.497 e. The van der Waals surface area contributed by atoms with E-state index < -0.39 is 48.8 Å². The van der Waals surface area contributed by atoms with Gasteiger partial charge in [-0.15, -0.1) is 0 Å². The van der Waals surface area contributed by atoms with Crippen molar-refractivity contribution in [2.75, 3.05) is 7.11 Å². The van der Waals surface area contributed by atoms with Gasteiger partial charge in [-0.3, -0.25) is 0 Å². The van der Waals surface area contributed by atoms with Crippen LogP contribution in [0.25, 0.3) is 0 Å². The monoisotopic (exact) mass is 1460 g/mol. The maximum absolute atomic E-state index is 12.8. The predicted molar refractivity (Wildman–Crippen MR) is 419 cm³/mol. The molecule has 0 heterocycles. The van der Waals surface area contributed by atoms with Gasteiger partial charge in [0.1, 0.15) is 59.1 Å². The zero-order chi connectivity index (χ0) is 77.5. The largest absolute Gasteiger partial charge is 0.497 e. The molecule has 4 aromatic rings. The van der Waals surface area contributed by atoms with Gasteiger partial charge in [-0.1, -0.05) is 209 Å². The number of carbonyl (C=O) groups excluding carboxylic acids is 4. The molecular formula is C89H95Cl2FO13. The standard InChI is InChI=1S/C23H26O4.C22H22Cl2O3.C22H23FO3.C22H24O3/c1-19(24)9-7-13-21(25)11-5-3-4-6-12-22(26)14-8-10-20-15-17-23(27-2)18-16-20;1-17(25)8-6-12-19(26)10-4-2-3-5-11-20(27)13-7-9-18-14-15-21(23)22(24)16-18;1-18(24)8-6-12-21(25)10-4-2-3-5-11-22(26)13-7-9-19-14-16-20(23)17-15-19;1-19(23)11-9-17-21(24)15-7-2-3-8-16-22(25)18-10-14-20-12-5-4-6-13-20/h3-4,6,12,15-18,21-22,25-26H,7,9,13-14H2,1-2H3;2-3,5,11,14-16,19-20,26-27H,6,8,12-13H2,1H3;2-3,5,11,14-17,21-22,25-26H,6,8,12-13H2,1H3;2-6,8,12-13,16,21-22,24-25H,9,11,17-18H2,1H3/b4-3+,12-6+;2*3-2+,11-5+;3-2+,16-8+/t21-,22+;19-,20+;2*21-,22+/m1111/s1. The number of rotatable bonds is 29. The van der Waals surface area contributed by atoms with E-state index in [1.807, 2.05) is 54.6 Å². The summed E-state index contributed by atoms with van der Waals surface area (Å²) >= 11 is 11.8. The molecule has 16 heteroatoms. The molecule has 0 bridgehead atoms. The van der Waals surface area contributed by atoms with Crippen LogP contribution in [0.1, 0.15) is 153 Å². The van der Waals surface area contributed by atoms with E-state index in [0.29, 0.717) is 106 Å². The maximum Gasteiger partial charge on any atom is 0.129 e. The first-order valence-electron chi connectivity index (χ1n) is 34.1. The summed E-state index contributed by atoms with van der Waals surface area (Å²) in [5.74, 6) is 45.9. The molecule has 550 valence electrons. The van der Waals surface area contributed by atoms with E-state index in [4.69, 9.17) is 27.9 Å². The van der Waals surface area contributed by atoms with Crippen LogP contribution in [-0.4, -0.2) is 120 Å². The van der Waals surface area contributed by atoms with E-state index >= 15 is 0 Å². The number of carbonyl (C=O) groups is 4. The number of benzene rings is 4. The SMILES string of the molecule is CC(=O)CCC[C@H](O)C#C/C=C/C=C/[C@H](O)CC#Cc1ccc(Cl)c(Cl)c1.CC(=O)CCC[C@H](O)C#C/C=C/C=C/[C@H](O)CC#Cc1ccc(F)cc1.CC(=O)CCC[C@H](O)C#C/C=C/C=C/[C@H](O)CC#Cc1ccccc1.COc1ccc(C#CC[C@@H](O)/C=C/C=C/C#C[C@@H](O)CCCC(C)=O)cc1. The van der Waals surface area contributed by atoms with Crippen LogP contribution in [0, 0.1) is 101 Å². The van der Waals surface area contributed by atoms with Gasteiger partial charge < -0.3 is 64.8 Å². The molecule has 0 unspecified atom stereocenters. The van der Waals surface area contributed by atoms with Crippen molar-refractivity contribution in [1.29, 1.82) is 0 Å². The molecule has 8 N–H and O–H groups in total. The summed E-state index contributed by atoms with van der Waals surface area (Å²) in [5.41, 5.74) is 3.22. The smallest absolute Gasteiger partial charge is 0.129 e. The number of ether oxygens (including phenoxy) is 1. The molecule has 0 aromatic heterocycles. The third-order valence-corrected chi connectivity index (χ3v) is 14.1. The van der Waals surface area contributed by atoms with Crippen LogP contribution in [0.5, 0.6) is 5.75 Å². The lowest BCUT2D eigenvalue weighted by Crippen LogP contribution is -2.03. The van der Waals surface area contributed by atoms with Gasteiger partial charge in [0, 0.05) is 73.6 Å². The highest BCUT2D eigenvalue weighted by Gasteiger charge is 2.05. The number of aliphatic hydroxyl groups excluding tert-OH is 8. The zero-order valence-electron chi connectivity index (χ0n) is 60.2. The lowest BCUT2D eigenvalue weighted by atomic mass is 10.1. The number of allylic oxidation sites excluding steroid dienone is 12. The van der Waals surface area contributed by atoms with Crippen molar-refractivity contribution in [3.63, 3.8) is 0 Å². The van der Waals surface area contributed by atoms with E-state index in [1.165, 1.54) is 39.8 Å². The Morgan fingerprint density at radius 2 is 0.676 bits per heavy atom. The molecule has 0 saturated carbocycles. The molecule has 4 rings (SSSR count). The Morgan fingerprint density at radius 1 is 0.390 bits per heavy atom. The topological polar surface area (TPSA) is 239 Å². The summed E-state index contributed by atoms with van der Waals surface area (Å²) < 4.78 is 17.8. The maximum atomic E-state index is 12.8. The Labute approximate surface area is 631 Å². The number of halogens is 3. The average molecular weight is 1460 g/mol. The molecule has 0 aliphatic carbocycles. The molecule has 0 aliphatic rings. The van der Waals surface area contributed by atoms with Gasteiger partial charge in [0.05, 0.1) is 41.6 Å². The molecule has 0 radical (unpaired) electrons. The van der Waals surface area contributed by atoms with Crippen LogP contribution in [0.15, 0.2) is 194 Å². The van der Waals surface area contributed by atoms with Crippen molar-refractivity contribution in [3.05, 3.63) is 232 Å². The number of Topliss-reactive ketones (excluding diaryl/α,β-unsaturated/α-hetero) is 4. The van der Waals surface area contributed by atoms with Crippen LogP contribution in [0.3, 0.4) is 0 Å². The summed E-state index contributed by atoms with van der Waals surface area (Å²) in [6.07, 6.45) is 28.2. The fraction of sp³-hybridized carbons (Fsp3) is 0.326. The quantitative estimate of drug-likeness (QED) is 0.0187. The molecule has 105 heavy (non-hydrogen) atoms. The summed E-state index contributed by atoms with van der Waals surface area (Å²) in [7, 11) is 1.61. The number of ketones is 4. The van der Waals surface area contributed by atoms with Crippen molar-refractivity contribution < 1.29 is 69.2 Å². The fourth-order valence-electron chi connectivity index (χ4n) is 7.83. The van der Waals surface area contributed by atoms with Gasteiger partial charge in [-0.05, 0) is 182 Å². The van der Waals surface area contributed by atoms with E-state index in [2.05, 4.69) is 94.7 Å². The Morgan fingerprint density at radius 3 is 0.971 bits per heavy atom. The van der Waals surface area contributed by atoms with E-state index in [1.54, 1.807) is 135 Å². The highest BCUT2D eigenvalue weighted by atomic mass is 35.5. The third kappa shape index (κ3) is 58.1. The number of hydrogen-bond acceptors (Lipinski definition) is 13. The van der Waals surface area contributed by atoms with Gasteiger partial charge in [0.25, 0.3) is 0 Å². The molecule has 0 aliphatic heterocycles. The Balaban J connectivity index is 0.000000700. The molecule has 0 fully saturated rings. The normalized spacial score (nSPS) is 12.9. The fourth-order valence-corrected chi connectivity index (χ4v) is 8.13. The van der Waals surface area contributed by atoms with Gasteiger partial charge >= 0.3 is 0 Å². The van der Waals surface area contributed by atoms with Crippen LogP contribution < -0.4 is 4.74 Å². The zero-order valence-corrected chi connectivity index (χ0v) is 61.7. The van der Waals surface area contributed by atoms with Crippen LogP contribution in [0.2, 0.25) is 10.0 Å². The summed E-state index contributed by atoms with van der Waals surface area (Å²) in [5, 5.41) is 78.6. The lowest BCUT2D eigenvalue weighted by molar-refractivity contribution is -0.118. The molecular weight excluding hydrogens is 1370 g/mol. The first kappa shape index (κ1) is 93.0. The highest BCUT2D eigenvalue weighted by molar-refractivity contribution is 6.42. The van der Waals surface area contributed by atoms with Crippen molar-refractivity contribution in [3.8, 4) is 100 Å². The van der Waals surface area contributed by atoms with Gasteiger partial charge in [-0.2, -0.15) is 0 Å². The summed E-state index contributed by atoms with van der Waals surface area (Å²) in [4.78, 5) is 43.2. The van der Waals surface area contributed by atoms with Crippen molar-refractivity contribution in [2.24, 2.45) is 0 Å². The Bertz CT molecular complexity index is 4050. The van der Waals surface area contributed by atoms with Crippen molar-refractivity contribution in [2.45, 2.75) is 179 Å². The molecule has 0 spiro atoms. The molecule has 13 nitrogen and oxygen atoms in total. The number of methoxy groups -OCH3 is 1. The van der Waals surface area contributed by atoms with E-state index in [-0.39, 0.29) is 41.8 Å². The van der Waals surface area contributed by atoms with Crippen molar-refractivity contribution >= 4 is 46.3 Å². The molecule has 0 amide bonds. The van der Waals surface area contributed by atoms with Crippen LogP contribution >= 0.6 is 23.2 Å². The first-order chi connectivity index (χ1) is 50.4. The average Bonchev–Trinajstić information content (AvgIpc) is 0.916. The second-order valence-electron chi connectivity index (χ2n) is 23.1. The van der Waals surface area contributed by atoms with Gasteiger partial charge in [0.2, 0.25) is 0 Å². The highest BCUT2D eigenvalue weighted by Crippen LogP contribution is 2.22. The van der Waals surface area contributed by atoms with Crippen LogP contribution in [0.4, 0.5) is 4.39 Å². The summed E-state index contributed by atoms with van der Waals surface area (Å²) in [6.45, 7) is 6.12. The second-order valence-corrected chi connectivity index (χ2v) is 23.9. The molecule has 0 saturated heterocycles. The number of aliphatic hydroxyl groups is 8. The third-order valence-electron chi connectivity index (χ3n) is 13.3. The van der Waals surface area contributed by atoms with E-state index in [9.17, 15) is 64.4 Å². The van der Waals surface area contributed by atoms with E-state index in [0.717, 1.165) is 22.4 Å². The minimum absolute atomic E-state index is 0.108. The second kappa shape index (κ2) is 61.4. The minimum atomic E-state index is -0.740. The van der Waals surface area contributed by atoms with Crippen LogP contribution in [-0.2, 0) is 19.2 Å². The Hall–Kier alpha value is -10.1. The van der Waals surface area contributed by atoms with Crippen molar-refractivity contribution in [1.82, 2.24) is 0 Å². The molecule has 8 atom stereocenters. The number of hydrogen-bond donors (Lipinski definition) is 8. The summed E-state index contributed by atoms with van der Waals surface area (Å²) in [6, 6.07) is 28.0. The molecule has 4 aromatic carbocycles.